The molecule has 146 valence electrons. The second kappa shape index (κ2) is 8.05. The van der Waals surface area contributed by atoms with Gasteiger partial charge in [0.15, 0.2) is 0 Å². The second-order valence-corrected chi connectivity index (χ2v) is 7.04. The summed E-state index contributed by atoms with van der Waals surface area (Å²) in [6.07, 6.45) is -4.44. The Morgan fingerprint density at radius 3 is 2.46 bits per heavy atom. The van der Waals surface area contributed by atoms with Crippen LogP contribution in [-0.4, -0.2) is 15.5 Å². The summed E-state index contributed by atoms with van der Waals surface area (Å²) in [7, 11) is 0. The molecule has 0 radical (unpaired) electrons. The van der Waals surface area contributed by atoms with Crippen LogP contribution in [0.4, 0.5) is 13.2 Å². The number of halogens is 3. The molecule has 0 atom stereocenters. The molecule has 2 N–H and O–H groups in total. The van der Waals surface area contributed by atoms with Gasteiger partial charge >= 0.3 is 6.18 Å². The van der Waals surface area contributed by atoms with E-state index in [1.165, 1.54) is 28.5 Å². The largest absolute Gasteiger partial charge is 0.416 e. The van der Waals surface area contributed by atoms with Gasteiger partial charge in [0.2, 0.25) is 5.91 Å². The first kappa shape index (κ1) is 19.9. The molecule has 0 spiro atoms. The van der Waals surface area contributed by atoms with E-state index in [4.69, 9.17) is 5.73 Å². The summed E-state index contributed by atoms with van der Waals surface area (Å²) in [5, 5.41) is 0.347. The number of primary amides is 1. The summed E-state index contributed by atoms with van der Waals surface area (Å²) in [6.45, 7) is -0.342. The lowest BCUT2D eigenvalue weighted by atomic mass is 10.1. The third kappa shape index (κ3) is 4.36. The fourth-order valence-corrected chi connectivity index (χ4v) is 3.79. The van der Waals surface area contributed by atoms with Gasteiger partial charge < -0.3 is 5.73 Å². The molecule has 0 fully saturated rings. The molecule has 1 aromatic heterocycles. The minimum Gasteiger partial charge on any atom is -0.368 e. The number of nitrogens with zero attached hydrogens (tertiary/aromatic N) is 2. The van der Waals surface area contributed by atoms with Crippen molar-refractivity contribution in [1.29, 1.82) is 0 Å². The molecule has 2 aromatic carbocycles. The summed E-state index contributed by atoms with van der Waals surface area (Å²) in [4.78, 5) is 28.4. The van der Waals surface area contributed by atoms with Gasteiger partial charge in [-0.05, 0) is 23.8 Å². The summed E-state index contributed by atoms with van der Waals surface area (Å²) in [6, 6.07) is 12.0. The highest BCUT2D eigenvalue weighted by Gasteiger charge is 2.32. The lowest BCUT2D eigenvalue weighted by Crippen LogP contribution is -2.31. The van der Waals surface area contributed by atoms with E-state index in [1.807, 2.05) is 0 Å². The van der Waals surface area contributed by atoms with Crippen molar-refractivity contribution in [2.75, 3.05) is 0 Å². The van der Waals surface area contributed by atoms with E-state index in [0.29, 0.717) is 10.9 Å². The first-order chi connectivity index (χ1) is 13.3. The average Bonchev–Trinajstić information content (AvgIpc) is 2.64. The third-order valence-corrected chi connectivity index (χ3v) is 5.04. The normalized spacial score (nSPS) is 11.7. The lowest BCUT2D eigenvalue weighted by Gasteiger charge is -2.14. The SMILES string of the molecule is NC(=O)Cn1c(CSCc2ccccc2C(F)(F)F)nc2ccccc2c1=O. The van der Waals surface area contributed by atoms with E-state index >= 15 is 0 Å². The minimum atomic E-state index is -4.44. The number of amides is 1. The number of aromatic nitrogens is 2. The number of hydrogen-bond acceptors (Lipinski definition) is 4. The number of carbonyl (C=O) groups excluding carboxylic acids is 1. The highest BCUT2D eigenvalue weighted by atomic mass is 32.2. The average molecular weight is 407 g/mol. The zero-order chi connectivity index (χ0) is 20.3. The minimum absolute atomic E-state index is 0.0783. The first-order valence-electron chi connectivity index (χ1n) is 8.27. The van der Waals surface area contributed by atoms with Crippen LogP contribution in [0, 0.1) is 0 Å². The van der Waals surface area contributed by atoms with Crippen LogP contribution in [0.25, 0.3) is 10.9 Å². The molecule has 1 amide bonds. The molecular formula is C19H16F3N3O2S. The number of nitrogens with two attached hydrogens (primary N) is 1. The van der Waals surface area contributed by atoms with Crippen LogP contribution < -0.4 is 11.3 Å². The number of para-hydroxylation sites is 1. The molecule has 0 saturated carbocycles. The number of alkyl halides is 3. The number of carbonyl (C=O) groups is 1. The van der Waals surface area contributed by atoms with E-state index in [-0.39, 0.29) is 29.4 Å². The Bertz CT molecular complexity index is 1080. The van der Waals surface area contributed by atoms with Gasteiger partial charge in [0.05, 0.1) is 22.2 Å². The van der Waals surface area contributed by atoms with Crippen molar-refractivity contribution in [3.05, 3.63) is 75.8 Å². The van der Waals surface area contributed by atoms with E-state index < -0.39 is 23.2 Å². The smallest absolute Gasteiger partial charge is 0.368 e. The van der Waals surface area contributed by atoms with Gasteiger partial charge in [-0.15, -0.1) is 11.8 Å². The Balaban J connectivity index is 1.89. The summed E-state index contributed by atoms with van der Waals surface area (Å²) >= 11 is 1.17. The second-order valence-electron chi connectivity index (χ2n) is 6.05. The van der Waals surface area contributed by atoms with Crippen LogP contribution in [0.5, 0.6) is 0 Å². The number of thioether (sulfide) groups is 1. The van der Waals surface area contributed by atoms with Gasteiger partial charge in [-0.3, -0.25) is 14.2 Å². The standard InChI is InChI=1S/C19H16F3N3O2S/c20-19(21,22)14-7-3-1-5-12(14)10-28-11-17-24-15-8-4-2-6-13(15)18(27)25(17)9-16(23)26/h1-8H,9-11H2,(H2,23,26). The van der Waals surface area contributed by atoms with Crippen LogP contribution >= 0.6 is 11.8 Å². The Kier molecular flexibility index (Phi) is 5.73. The van der Waals surface area contributed by atoms with Crippen LogP contribution in [0.1, 0.15) is 17.0 Å². The lowest BCUT2D eigenvalue weighted by molar-refractivity contribution is -0.138. The van der Waals surface area contributed by atoms with Gasteiger partial charge in [0, 0.05) is 5.75 Å². The molecule has 0 bridgehead atoms. The Morgan fingerprint density at radius 1 is 1.07 bits per heavy atom. The molecule has 1 heterocycles. The van der Waals surface area contributed by atoms with Crippen LogP contribution in [0.2, 0.25) is 0 Å². The maximum atomic E-state index is 13.1. The number of hydrogen-bond donors (Lipinski definition) is 1. The predicted octanol–water partition coefficient (Wildman–Crippen LogP) is 3.33. The highest BCUT2D eigenvalue weighted by Crippen LogP contribution is 2.33. The Labute approximate surface area is 162 Å². The van der Waals surface area contributed by atoms with Crippen molar-refractivity contribution >= 4 is 28.6 Å². The fourth-order valence-electron chi connectivity index (χ4n) is 2.82. The monoisotopic (exact) mass is 407 g/mol. The Morgan fingerprint density at radius 2 is 1.75 bits per heavy atom. The van der Waals surface area contributed by atoms with Crippen molar-refractivity contribution in [1.82, 2.24) is 9.55 Å². The quantitative estimate of drug-likeness (QED) is 0.680. The summed E-state index contributed by atoms with van der Waals surface area (Å²) < 4.78 is 40.5. The van der Waals surface area contributed by atoms with Gasteiger partial charge in [-0.25, -0.2) is 4.98 Å². The first-order valence-corrected chi connectivity index (χ1v) is 9.42. The van der Waals surface area contributed by atoms with Gasteiger partial charge in [-0.2, -0.15) is 13.2 Å². The highest BCUT2D eigenvalue weighted by molar-refractivity contribution is 7.97. The molecule has 0 aliphatic rings. The number of benzene rings is 2. The Hall–Kier alpha value is -2.81. The molecule has 3 aromatic rings. The third-order valence-electron chi connectivity index (χ3n) is 4.07. The zero-order valence-corrected chi connectivity index (χ0v) is 15.4. The predicted molar refractivity (Wildman–Crippen MR) is 102 cm³/mol. The fraction of sp³-hybridized carbons (Fsp3) is 0.211. The van der Waals surface area contributed by atoms with Crippen LogP contribution in [0.3, 0.4) is 0 Å². The summed E-state index contributed by atoms with van der Waals surface area (Å²) in [5.41, 5.74) is 4.74. The van der Waals surface area contributed by atoms with Gasteiger partial charge in [0.1, 0.15) is 12.4 Å². The van der Waals surface area contributed by atoms with Crippen LogP contribution in [0.15, 0.2) is 53.3 Å². The van der Waals surface area contributed by atoms with Crippen molar-refractivity contribution in [2.24, 2.45) is 5.73 Å². The van der Waals surface area contributed by atoms with Gasteiger partial charge in [-0.1, -0.05) is 30.3 Å². The van der Waals surface area contributed by atoms with Crippen molar-refractivity contribution in [2.45, 2.75) is 24.2 Å². The molecule has 0 aliphatic heterocycles. The van der Waals surface area contributed by atoms with Crippen molar-refractivity contribution in [3.63, 3.8) is 0 Å². The van der Waals surface area contributed by atoms with Crippen LogP contribution in [-0.2, 0) is 29.0 Å². The summed E-state index contributed by atoms with van der Waals surface area (Å²) in [5.74, 6) is -0.182. The van der Waals surface area contributed by atoms with E-state index in [2.05, 4.69) is 4.98 Å². The topological polar surface area (TPSA) is 78.0 Å². The molecule has 28 heavy (non-hydrogen) atoms. The zero-order valence-electron chi connectivity index (χ0n) is 14.6. The number of fused-ring (bicyclic) bond motifs is 1. The van der Waals surface area contributed by atoms with E-state index in [0.717, 1.165) is 6.07 Å². The molecule has 0 aliphatic carbocycles. The van der Waals surface area contributed by atoms with Crippen molar-refractivity contribution < 1.29 is 18.0 Å². The van der Waals surface area contributed by atoms with Crippen molar-refractivity contribution in [3.8, 4) is 0 Å². The molecular weight excluding hydrogens is 391 g/mol. The molecule has 0 saturated heterocycles. The van der Waals surface area contributed by atoms with E-state index in [1.54, 1.807) is 30.3 Å². The molecule has 9 heteroatoms. The molecule has 0 unspecified atom stereocenters. The maximum Gasteiger partial charge on any atom is 0.416 e. The number of rotatable bonds is 6. The van der Waals surface area contributed by atoms with E-state index in [9.17, 15) is 22.8 Å². The van der Waals surface area contributed by atoms with Gasteiger partial charge in [0.25, 0.3) is 5.56 Å². The maximum absolute atomic E-state index is 13.1. The molecule has 3 rings (SSSR count). The molecule has 5 nitrogen and oxygen atoms in total.